The van der Waals surface area contributed by atoms with Crippen LogP contribution in [0.2, 0.25) is 0 Å². The highest BCUT2D eigenvalue weighted by Crippen LogP contribution is 2.25. The molecule has 2 N–H and O–H groups in total. The lowest BCUT2D eigenvalue weighted by Crippen LogP contribution is -2.51. The summed E-state index contributed by atoms with van der Waals surface area (Å²) in [6.07, 6.45) is 1.88. The van der Waals surface area contributed by atoms with E-state index in [2.05, 4.69) is 5.32 Å². The van der Waals surface area contributed by atoms with Crippen molar-refractivity contribution >= 4 is 11.6 Å². The van der Waals surface area contributed by atoms with Crippen molar-refractivity contribution in [1.29, 1.82) is 0 Å². The Hall–Kier alpha value is -1.55. The first-order valence-electron chi connectivity index (χ1n) is 5.85. The maximum atomic E-state index is 12.4. The first-order chi connectivity index (χ1) is 8.03. The molecule has 0 bridgehead atoms. The van der Waals surface area contributed by atoms with E-state index in [1.807, 2.05) is 13.0 Å². The van der Waals surface area contributed by atoms with Gasteiger partial charge >= 0.3 is 0 Å². The Kier molecular flexibility index (Phi) is 3.07. The number of rotatable bonds is 2. The Bertz CT molecular complexity index is 425. The van der Waals surface area contributed by atoms with Crippen molar-refractivity contribution in [2.75, 3.05) is 18.5 Å². The number of nitrogens with one attached hydrogen (secondary N) is 1. The Morgan fingerprint density at radius 3 is 2.88 bits per heavy atom. The molecule has 17 heavy (non-hydrogen) atoms. The number of carbonyl (C=O) groups is 1. The molecule has 1 fully saturated rings. The van der Waals surface area contributed by atoms with Crippen LogP contribution < -0.4 is 10.2 Å². The van der Waals surface area contributed by atoms with Crippen LogP contribution in [0.15, 0.2) is 24.3 Å². The molecule has 4 heteroatoms. The first-order valence-corrected chi connectivity index (χ1v) is 5.85. The molecule has 4 nitrogen and oxygen atoms in total. The van der Waals surface area contributed by atoms with E-state index < -0.39 is 5.54 Å². The minimum atomic E-state index is -0.472. The summed E-state index contributed by atoms with van der Waals surface area (Å²) in [7, 11) is 1.74. The molecule has 2 rings (SSSR count). The molecular formula is C13H18N2O2. The molecule has 1 aromatic rings. The third-order valence-corrected chi connectivity index (χ3v) is 3.36. The lowest BCUT2D eigenvalue weighted by atomic mass is 9.98. The van der Waals surface area contributed by atoms with Gasteiger partial charge in [0.05, 0.1) is 5.54 Å². The number of benzene rings is 1. The summed E-state index contributed by atoms with van der Waals surface area (Å²) in [6.45, 7) is 2.82. The molecular weight excluding hydrogens is 216 g/mol. The Labute approximate surface area is 101 Å². The van der Waals surface area contributed by atoms with Gasteiger partial charge in [-0.1, -0.05) is 6.07 Å². The van der Waals surface area contributed by atoms with E-state index in [1.54, 1.807) is 30.1 Å². The van der Waals surface area contributed by atoms with E-state index in [4.69, 9.17) is 0 Å². The number of likely N-dealkylation sites (N-methyl/N-ethyl adjacent to an activating group) is 1. The van der Waals surface area contributed by atoms with Crippen LogP contribution in [-0.4, -0.2) is 30.1 Å². The molecule has 1 aliphatic heterocycles. The average molecular weight is 234 g/mol. The van der Waals surface area contributed by atoms with E-state index >= 15 is 0 Å². The van der Waals surface area contributed by atoms with Crippen LogP contribution in [0.4, 0.5) is 5.69 Å². The van der Waals surface area contributed by atoms with Gasteiger partial charge in [-0.15, -0.1) is 0 Å². The lowest BCUT2D eigenvalue weighted by Gasteiger charge is -2.29. The molecule has 1 amide bonds. The average Bonchev–Trinajstić information content (AvgIpc) is 2.75. The lowest BCUT2D eigenvalue weighted by molar-refractivity contribution is -0.123. The van der Waals surface area contributed by atoms with Crippen LogP contribution in [0.1, 0.15) is 19.8 Å². The molecule has 1 aliphatic rings. The third-order valence-electron chi connectivity index (χ3n) is 3.36. The van der Waals surface area contributed by atoms with Crippen molar-refractivity contribution < 1.29 is 9.90 Å². The Morgan fingerprint density at radius 2 is 2.29 bits per heavy atom. The van der Waals surface area contributed by atoms with Crippen molar-refractivity contribution in [3.05, 3.63) is 24.3 Å². The van der Waals surface area contributed by atoms with Crippen LogP contribution in [0.25, 0.3) is 0 Å². The number of aromatic hydroxyl groups is 1. The fourth-order valence-corrected chi connectivity index (χ4v) is 2.27. The van der Waals surface area contributed by atoms with E-state index in [9.17, 15) is 9.90 Å². The highest BCUT2D eigenvalue weighted by Gasteiger charge is 2.38. The standard InChI is InChI=1S/C13H18N2O2/c1-13(7-4-8-14-13)12(17)15(2)10-5-3-6-11(16)9-10/h3,5-6,9,14,16H,4,7-8H2,1-2H3. The SMILES string of the molecule is CN(C(=O)C1(C)CCCN1)c1cccc(O)c1. The van der Waals surface area contributed by atoms with Crippen LogP contribution >= 0.6 is 0 Å². The number of hydrogen-bond donors (Lipinski definition) is 2. The summed E-state index contributed by atoms with van der Waals surface area (Å²) in [6, 6.07) is 6.74. The van der Waals surface area contributed by atoms with Gasteiger partial charge in [-0.25, -0.2) is 0 Å². The van der Waals surface area contributed by atoms with Gasteiger partial charge < -0.3 is 15.3 Å². The Balaban J connectivity index is 2.20. The smallest absolute Gasteiger partial charge is 0.246 e. The summed E-state index contributed by atoms with van der Waals surface area (Å²) in [5.74, 6) is 0.215. The second-order valence-electron chi connectivity index (χ2n) is 4.75. The summed E-state index contributed by atoms with van der Waals surface area (Å²) in [5, 5.41) is 12.7. The van der Waals surface area contributed by atoms with Crippen molar-refractivity contribution in [3.63, 3.8) is 0 Å². The van der Waals surface area contributed by atoms with Crippen LogP contribution in [-0.2, 0) is 4.79 Å². The number of hydrogen-bond acceptors (Lipinski definition) is 3. The van der Waals surface area contributed by atoms with Crippen LogP contribution in [0, 0.1) is 0 Å². The van der Waals surface area contributed by atoms with E-state index in [-0.39, 0.29) is 11.7 Å². The number of phenols is 1. The van der Waals surface area contributed by atoms with Gasteiger partial charge in [-0.05, 0) is 38.4 Å². The zero-order chi connectivity index (χ0) is 12.5. The molecule has 0 spiro atoms. The summed E-state index contributed by atoms with van der Waals surface area (Å²) in [4.78, 5) is 14.0. The zero-order valence-electron chi connectivity index (χ0n) is 10.2. The highest BCUT2D eigenvalue weighted by atomic mass is 16.3. The number of anilines is 1. The fraction of sp³-hybridized carbons (Fsp3) is 0.462. The van der Waals surface area contributed by atoms with E-state index in [0.717, 1.165) is 19.4 Å². The maximum Gasteiger partial charge on any atom is 0.246 e. The molecule has 1 saturated heterocycles. The molecule has 1 heterocycles. The molecule has 1 unspecified atom stereocenters. The fourth-order valence-electron chi connectivity index (χ4n) is 2.27. The molecule has 0 aromatic heterocycles. The molecule has 0 aliphatic carbocycles. The summed E-state index contributed by atoms with van der Waals surface area (Å²) >= 11 is 0. The molecule has 0 saturated carbocycles. The molecule has 92 valence electrons. The van der Waals surface area contributed by atoms with Crippen molar-refractivity contribution in [3.8, 4) is 5.75 Å². The van der Waals surface area contributed by atoms with Gasteiger partial charge in [-0.2, -0.15) is 0 Å². The number of nitrogens with zero attached hydrogens (tertiary/aromatic N) is 1. The normalized spacial score (nSPS) is 23.6. The predicted molar refractivity (Wildman–Crippen MR) is 67.2 cm³/mol. The summed E-state index contributed by atoms with van der Waals surface area (Å²) in [5.41, 5.74) is 0.241. The number of carbonyl (C=O) groups excluding carboxylic acids is 1. The minimum absolute atomic E-state index is 0.0422. The quantitative estimate of drug-likeness (QED) is 0.815. The highest BCUT2D eigenvalue weighted by molar-refractivity contribution is 5.99. The maximum absolute atomic E-state index is 12.4. The van der Waals surface area contributed by atoms with Gasteiger partial charge in [-0.3, -0.25) is 4.79 Å². The van der Waals surface area contributed by atoms with Gasteiger partial charge in [0.15, 0.2) is 0 Å². The second-order valence-corrected chi connectivity index (χ2v) is 4.75. The number of phenolic OH excluding ortho intramolecular Hbond substituents is 1. The third kappa shape index (κ3) is 2.26. The second kappa shape index (κ2) is 4.37. The monoisotopic (exact) mass is 234 g/mol. The first kappa shape index (κ1) is 11.9. The van der Waals surface area contributed by atoms with Gasteiger partial charge in [0.2, 0.25) is 5.91 Å². The van der Waals surface area contributed by atoms with E-state index in [0.29, 0.717) is 5.69 Å². The Morgan fingerprint density at radius 1 is 1.53 bits per heavy atom. The molecule has 1 atom stereocenters. The molecule has 0 radical (unpaired) electrons. The van der Waals surface area contributed by atoms with Gasteiger partial charge in [0.1, 0.15) is 5.75 Å². The number of amides is 1. The zero-order valence-corrected chi connectivity index (χ0v) is 10.2. The largest absolute Gasteiger partial charge is 0.508 e. The van der Waals surface area contributed by atoms with Crippen molar-refractivity contribution in [2.45, 2.75) is 25.3 Å². The summed E-state index contributed by atoms with van der Waals surface area (Å²) < 4.78 is 0. The van der Waals surface area contributed by atoms with Crippen LogP contribution in [0.3, 0.4) is 0 Å². The van der Waals surface area contributed by atoms with E-state index in [1.165, 1.54) is 0 Å². The van der Waals surface area contributed by atoms with Gasteiger partial charge in [0.25, 0.3) is 0 Å². The predicted octanol–water partition coefficient (Wildman–Crippen LogP) is 1.50. The topological polar surface area (TPSA) is 52.6 Å². The van der Waals surface area contributed by atoms with Crippen molar-refractivity contribution in [1.82, 2.24) is 5.32 Å². The van der Waals surface area contributed by atoms with Crippen LogP contribution in [0.5, 0.6) is 5.75 Å². The van der Waals surface area contributed by atoms with Crippen molar-refractivity contribution in [2.24, 2.45) is 0 Å². The van der Waals surface area contributed by atoms with Gasteiger partial charge in [0, 0.05) is 18.8 Å². The molecule has 1 aromatic carbocycles. The minimum Gasteiger partial charge on any atom is -0.508 e.